The van der Waals surface area contributed by atoms with E-state index in [1.54, 1.807) is 0 Å². The molecule has 15 heavy (non-hydrogen) atoms. The van der Waals surface area contributed by atoms with Crippen LogP contribution in [0.2, 0.25) is 0 Å². The summed E-state index contributed by atoms with van der Waals surface area (Å²) in [5, 5.41) is 0. The van der Waals surface area contributed by atoms with Crippen molar-refractivity contribution in [2.24, 2.45) is 5.73 Å². The number of fused-ring (bicyclic) bond motifs is 1. The molecule has 1 aromatic heterocycles. The van der Waals surface area contributed by atoms with Gasteiger partial charge in [-0.15, -0.1) is 0 Å². The molecule has 0 bridgehead atoms. The molecule has 1 atom stereocenters. The van der Waals surface area contributed by atoms with Gasteiger partial charge in [0.2, 0.25) is 0 Å². The number of nitrogens with two attached hydrogens (primary N) is 1. The number of hydrogen-bond donors (Lipinski definition) is 2. The van der Waals surface area contributed by atoms with Gasteiger partial charge in [-0.25, -0.2) is 4.98 Å². The van der Waals surface area contributed by atoms with Crippen LogP contribution in [0.1, 0.15) is 49.8 Å². The van der Waals surface area contributed by atoms with Crippen LogP contribution < -0.4 is 5.73 Å². The summed E-state index contributed by atoms with van der Waals surface area (Å²) < 4.78 is 0. The average Bonchev–Trinajstić information content (AvgIpc) is 2.60. The first-order chi connectivity index (χ1) is 7.29. The molecule has 0 radical (unpaired) electrons. The minimum Gasteiger partial charge on any atom is -0.346 e. The molecule has 1 heterocycles. The largest absolute Gasteiger partial charge is 0.346 e. The van der Waals surface area contributed by atoms with E-state index in [-0.39, 0.29) is 0 Å². The van der Waals surface area contributed by atoms with E-state index in [1.807, 2.05) is 0 Å². The number of aromatic nitrogens is 2. The van der Waals surface area contributed by atoms with E-state index >= 15 is 0 Å². The predicted octanol–water partition coefficient (Wildman–Crippen LogP) is 1.96. The maximum Gasteiger partial charge on any atom is 0.106 e. The average molecular weight is 207 g/mol. The van der Waals surface area contributed by atoms with Gasteiger partial charge < -0.3 is 10.7 Å². The second-order valence-electron chi connectivity index (χ2n) is 4.57. The Hall–Kier alpha value is -0.830. The van der Waals surface area contributed by atoms with Crippen LogP contribution in [0, 0.1) is 0 Å². The fraction of sp³-hybridized carbons (Fsp3) is 0.750. The highest BCUT2D eigenvalue weighted by molar-refractivity contribution is 5.19. The molecule has 1 aromatic rings. The third kappa shape index (κ3) is 2.59. The summed E-state index contributed by atoms with van der Waals surface area (Å²) in [4.78, 5) is 8.08. The third-order valence-corrected chi connectivity index (χ3v) is 3.15. The highest BCUT2D eigenvalue weighted by Gasteiger charge is 2.18. The molecule has 0 fully saturated rings. The second kappa shape index (κ2) is 4.79. The van der Waals surface area contributed by atoms with Crippen molar-refractivity contribution in [3.8, 4) is 0 Å². The molecule has 1 aliphatic rings. The van der Waals surface area contributed by atoms with Gasteiger partial charge >= 0.3 is 0 Å². The Kier molecular flexibility index (Phi) is 3.41. The number of rotatable bonds is 4. The van der Waals surface area contributed by atoms with Crippen LogP contribution in [0.3, 0.4) is 0 Å². The molecule has 0 saturated carbocycles. The lowest BCUT2D eigenvalue weighted by Gasteiger charge is -2.15. The predicted molar refractivity (Wildman–Crippen MR) is 61.8 cm³/mol. The Morgan fingerprint density at radius 3 is 3.13 bits per heavy atom. The molecule has 0 saturated heterocycles. The lowest BCUT2D eigenvalue weighted by molar-refractivity contribution is 0.565. The Balaban J connectivity index is 1.96. The van der Waals surface area contributed by atoms with Gasteiger partial charge in [0.05, 0.1) is 5.69 Å². The Morgan fingerprint density at radius 2 is 2.33 bits per heavy atom. The van der Waals surface area contributed by atoms with Crippen molar-refractivity contribution in [1.29, 1.82) is 0 Å². The maximum atomic E-state index is 5.93. The van der Waals surface area contributed by atoms with E-state index < -0.39 is 0 Å². The molecular weight excluding hydrogens is 186 g/mol. The quantitative estimate of drug-likeness (QED) is 0.741. The molecular formula is C12H21N3. The molecule has 3 nitrogen and oxygen atoms in total. The van der Waals surface area contributed by atoms with Crippen molar-refractivity contribution in [1.82, 2.24) is 9.97 Å². The second-order valence-corrected chi connectivity index (χ2v) is 4.57. The summed E-state index contributed by atoms with van der Waals surface area (Å²) in [6.45, 7) is 2.23. The van der Waals surface area contributed by atoms with Crippen molar-refractivity contribution < 1.29 is 0 Å². The van der Waals surface area contributed by atoms with Crippen LogP contribution >= 0.6 is 0 Å². The minimum absolute atomic E-state index is 0.335. The van der Waals surface area contributed by atoms with E-state index in [0.29, 0.717) is 6.04 Å². The summed E-state index contributed by atoms with van der Waals surface area (Å²) >= 11 is 0. The summed E-state index contributed by atoms with van der Waals surface area (Å²) in [6.07, 6.45) is 8.03. The van der Waals surface area contributed by atoms with Gasteiger partial charge in [0.15, 0.2) is 0 Å². The Bertz CT molecular complexity index is 317. The van der Waals surface area contributed by atoms with Gasteiger partial charge in [0, 0.05) is 24.6 Å². The monoisotopic (exact) mass is 207 g/mol. The van der Waals surface area contributed by atoms with Crippen molar-refractivity contribution >= 4 is 0 Å². The standard InChI is InChI=1S/C12H21N3/c1-2-3-4-5-12-14-10-7-6-9(13)8-11(10)15-12/h9H,2-8,13H2,1H3,(H,14,15). The number of unbranched alkanes of at least 4 members (excludes halogenated alkanes) is 2. The van der Waals surface area contributed by atoms with Gasteiger partial charge in [0.25, 0.3) is 0 Å². The van der Waals surface area contributed by atoms with E-state index in [2.05, 4.69) is 16.9 Å². The summed E-state index contributed by atoms with van der Waals surface area (Å²) in [5.41, 5.74) is 8.49. The summed E-state index contributed by atoms with van der Waals surface area (Å²) in [5.74, 6) is 1.17. The highest BCUT2D eigenvalue weighted by Crippen LogP contribution is 2.18. The normalized spacial score (nSPS) is 20.3. The molecule has 3 N–H and O–H groups in total. The molecule has 0 amide bonds. The molecule has 0 spiro atoms. The van der Waals surface area contributed by atoms with Crippen molar-refractivity contribution in [3.05, 3.63) is 17.2 Å². The molecule has 0 aromatic carbocycles. The number of H-pyrrole nitrogens is 1. The van der Waals surface area contributed by atoms with E-state index in [1.165, 1.54) is 36.5 Å². The zero-order valence-corrected chi connectivity index (χ0v) is 9.55. The smallest absolute Gasteiger partial charge is 0.106 e. The van der Waals surface area contributed by atoms with E-state index in [9.17, 15) is 0 Å². The molecule has 84 valence electrons. The molecule has 1 aliphatic carbocycles. The first-order valence-corrected chi connectivity index (χ1v) is 6.11. The van der Waals surface area contributed by atoms with Crippen molar-refractivity contribution in [2.75, 3.05) is 0 Å². The summed E-state index contributed by atoms with van der Waals surface area (Å²) in [7, 11) is 0. The van der Waals surface area contributed by atoms with E-state index in [4.69, 9.17) is 5.73 Å². The summed E-state index contributed by atoms with van der Waals surface area (Å²) in [6, 6.07) is 0.335. The van der Waals surface area contributed by atoms with Crippen LogP contribution in [0.5, 0.6) is 0 Å². The van der Waals surface area contributed by atoms with Crippen LogP contribution in [0.4, 0.5) is 0 Å². The molecule has 0 aliphatic heterocycles. The first-order valence-electron chi connectivity index (χ1n) is 6.11. The van der Waals surface area contributed by atoms with Crippen LogP contribution in [0.15, 0.2) is 0 Å². The van der Waals surface area contributed by atoms with Crippen molar-refractivity contribution in [3.63, 3.8) is 0 Å². The zero-order valence-electron chi connectivity index (χ0n) is 9.55. The van der Waals surface area contributed by atoms with Crippen LogP contribution in [-0.4, -0.2) is 16.0 Å². The lowest BCUT2D eigenvalue weighted by atomic mass is 9.97. The van der Waals surface area contributed by atoms with E-state index in [0.717, 1.165) is 25.7 Å². The number of imidazole rings is 1. The van der Waals surface area contributed by atoms with Gasteiger partial charge in [-0.3, -0.25) is 0 Å². The number of nitrogens with one attached hydrogen (secondary N) is 1. The fourth-order valence-corrected chi connectivity index (χ4v) is 2.23. The molecule has 1 unspecified atom stereocenters. The van der Waals surface area contributed by atoms with Gasteiger partial charge in [-0.05, 0) is 19.3 Å². The lowest BCUT2D eigenvalue weighted by Crippen LogP contribution is -2.27. The third-order valence-electron chi connectivity index (χ3n) is 3.15. The topological polar surface area (TPSA) is 54.7 Å². The van der Waals surface area contributed by atoms with Crippen LogP contribution in [-0.2, 0) is 19.3 Å². The van der Waals surface area contributed by atoms with Crippen molar-refractivity contribution in [2.45, 2.75) is 57.9 Å². The number of hydrogen-bond acceptors (Lipinski definition) is 2. The Morgan fingerprint density at radius 1 is 1.47 bits per heavy atom. The van der Waals surface area contributed by atoms with Gasteiger partial charge in [-0.2, -0.15) is 0 Å². The Labute approximate surface area is 91.5 Å². The minimum atomic E-state index is 0.335. The fourth-order valence-electron chi connectivity index (χ4n) is 2.23. The number of nitrogens with zero attached hydrogens (tertiary/aromatic N) is 1. The molecule has 2 rings (SSSR count). The maximum absolute atomic E-state index is 5.93. The number of aryl methyl sites for hydroxylation is 2. The van der Waals surface area contributed by atoms with Gasteiger partial charge in [0.1, 0.15) is 5.82 Å². The zero-order chi connectivity index (χ0) is 10.7. The SMILES string of the molecule is CCCCCc1nc2c([nH]1)CC(N)CC2. The van der Waals surface area contributed by atoms with Gasteiger partial charge in [-0.1, -0.05) is 19.8 Å². The van der Waals surface area contributed by atoms with Crippen LogP contribution in [0.25, 0.3) is 0 Å². The number of aromatic amines is 1. The first kappa shape index (κ1) is 10.7. The molecule has 3 heteroatoms. The highest BCUT2D eigenvalue weighted by atomic mass is 14.9.